The Labute approximate surface area is 105 Å². The molecule has 0 atom stereocenters. The molecule has 4 nitrogen and oxygen atoms in total. The van der Waals surface area contributed by atoms with Gasteiger partial charge in [-0.25, -0.2) is 9.18 Å². The lowest BCUT2D eigenvalue weighted by Gasteiger charge is -2.16. The molecule has 0 saturated heterocycles. The molecule has 1 N–H and O–H groups in total. The van der Waals surface area contributed by atoms with Crippen LogP contribution in [0.15, 0.2) is 18.2 Å². The van der Waals surface area contributed by atoms with E-state index in [2.05, 4.69) is 4.90 Å². The van der Waals surface area contributed by atoms with Gasteiger partial charge >= 0.3 is 5.97 Å². The molecule has 0 amide bonds. The molecule has 18 heavy (non-hydrogen) atoms. The highest BCUT2D eigenvalue weighted by Crippen LogP contribution is 2.26. The van der Waals surface area contributed by atoms with E-state index in [9.17, 15) is 9.18 Å². The average Bonchev–Trinajstić information content (AvgIpc) is 3.14. The molecule has 1 aromatic rings. The lowest BCUT2D eigenvalue weighted by Crippen LogP contribution is -2.26. The number of benzene rings is 1. The van der Waals surface area contributed by atoms with Gasteiger partial charge < -0.3 is 14.7 Å². The zero-order valence-electron chi connectivity index (χ0n) is 10.2. The van der Waals surface area contributed by atoms with Crippen molar-refractivity contribution in [1.82, 2.24) is 4.90 Å². The molecule has 0 aromatic heterocycles. The van der Waals surface area contributed by atoms with Crippen LogP contribution in [0.5, 0.6) is 5.75 Å². The Hall–Kier alpha value is -1.62. The van der Waals surface area contributed by atoms with Gasteiger partial charge in [-0.1, -0.05) is 6.07 Å². The molecule has 1 aliphatic carbocycles. The first kappa shape index (κ1) is 12.8. The van der Waals surface area contributed by atoms with Crippen LogP contribution in [0.3, 0.4) is 0 Å². The van der Waals surface area contributed by atoms with Crippen LogP contribution in [0.1, 0.15) is 23.2 Å². The van der Waals surface area contributed by atoms with Crippen molar-refractivity contribution >= 4 is 5.97 Å². The Morgan fingerprint density at radius 3 is 2.89 bits per heavy atom. The summed E-state index contributed by atoms with van der Waals surface area (Å²) in [6.07, 6.45) is 2.38. The molecule has 5 heteroatoms. The second-order valence-electron chi connectivity index (χ2n) is 4.48. The first-order valence-corrected chi connectivity index (χ1v) is 5.94. The predicted octanol–water partition coefficient (Wildman–Crippen LogP) is 2.00. The number of nitrogens with zero attached hydrogens (tertiary/aromatic N) is 1. The Morgan fingerprint density at radius 1 is 1.56 bits per heavy atom. The number of carboxylic acid groups (broad SMARTS) is 1. The van der Waals surface area contributed by atoms with E-state index in [1.165, 1.54) is 31.0 Å². The minimum Gasteiger partial charge on any atom is -0.488 e. The summed E-state index contributed by atoms with van der Waals surface area (Å²) >= 11 is 0. The first-order valence-electron chi connectivity index (χ1n) is 5.94. The number of likely N-dealkylation sites (N-methyl/N-ethyl adjacent to an activating group) is 1. The fourth-order valence-electron chi connectivity index (χ4n) is 1.81. The summed E-state index contributed by atoms with van der Waals surface area (Å²) in [5.41, 5.74) is -0.135. The first-order chi connectivity index (χ1) is 8.59. The van der Waals surface area contributed by atoms with Gasteiger partial charge in [-0.3, -0.25) is 0 Å². The maximum Gasteiger partial charge on any atom is 0.339 e. The van der Waals surface area contributed by atoms with Crippen LogP contribution in [0.25, 0.3) is 0 Å². The van der Waals surface area contributed by atoms with Crippen molar-refractivity contribution in [3.63, 3.8) is 0 Å². The number of carboxylic acids is 1. The molecule has 1 aliphatic rings. The predicted molar refractivity (Wildman–Crippen MR) is 64.5 cm³/mol. The van der Waals surface area contributed by atoms with E-state index in [0.29, 0.717) is 12.6 Å². The van der Waals surface area contributed by atoms with E-state index < -0.39 is 11.8 Å². The largest absolute Gasteiger partial charge is 0.488 e. The minimum absolute atomic E-state index is 0.135. The molecular weight excluding hydrogens is 237 g/mol. The maximum atomic E-state index is 13.5. The molecule has 0 aliphatic heterocycles. The second-order valence-corrected chi connectivity index (χ2v) is 4.48. The SMILES string of the molecule is CN(CCOc1c(F)cccc1C(=O)O)C1CC1. The second kappa shape index (κ2) is 5.35. The van der Waals surface area contributed by atoms with Crippen LogP contribution in [0.4, 0.5) is 4.39 Å². The van der Waals surface area contributed by atoms with Crippen LogP contribution >= 0.6 is 0 Å². The van der Waals surface area contributed by atoms with Gasteiger partial charge in [0.2, 0.25) is 0 Å². The number of halogens is 1. The highest BCUT2D eigenvalue weighted by atomic mass is 19.1. The number of para-hydroxylation sites is 1. The zero-order chi connectivity index (χ0) is 13.1. The summed E-state index contributed by atoms with van der Waals surface area (Å²) in [7, 11) is 1.99. The van der Waals surface area contributed by atoms with Gasteiger partial charge in [0.05, 0.1) is 0 Å². The normalized spacial score (nSPS) is 14.8. The molecule has 0 radical (unpaired) electrons. The van der Waals surface area contributed by atoms with Crippen LogP contribution in [0, 0.1) is 5.82 Å². The summed E-state index contributed by atoms with van der Waals surface area (Å²) in [6, 6.07) is 4.51. The van der Waals surface area contributed by atoms with Crippen molar-refractivity contribution in [1.29, 1.82) is 0 Å². The van der Waals surface area contributed by atoms with Crippen molar-refractivity contribution in [2.45, 2.75) is 18.9 Å². The molecule has 0 unspecified atom stereocenters. The highest BCUT2D eigenvalue weighted by Gasteiger charge is 2.25. The lowest BCUT2D eigenvalue weighted by molar-refractivity contribution is 0.0690. The molecule has 1 saturated carbocycles. The summed E-state index contributed by atoms with van der Waals surface area (Å²) in [6.45, 7) is 0.951. The third-order valence-electron chi connectivity index (χ3n) is 3.06. The molecule has 1 fully saturated rings. The fraction of sp³-hybridized carbons (Fsp3) is 0.462. The average molecular weight is 253 g/mol. The number of aromatic carboxylic acids is 1. The quantitative estimate of drug-likeness (QED) is 0.842. The Kier molecular flexibility index (Phi) is 3.81. The summed E-state index contributed by atoms with van der Waals surface area (Å²) < 4.78 is 18.8. The lowest BCUT2D eigenvalue weighted by atomic mass is 10.2. The third-order valence-corrected chi connectivity index (χ3v) is 3.06. The van der Waals surface area contributed by atoms with Gasteiger partial charge in [0, 0.05) is 12.6 Å². The van der Waals surface area contributed by atoms with E-state index in [1.54, 1.807) is 0 Å². The third kappa shape index (κ3) is 2.98. The number of carbonyl (C=O) groups is 1. The van der Waals surface area contributed by atoms with Crippen molar-refractivity contribution < 1.29 is 19.0 Å². The molecule has 0 spiro atoms. The topological polar surface area (TPSA) is 49.8 Å². The van der Waals surface area contributed by atoms with Crippen molar-refractivity contribution in [3.8, 4) is 5.75 Å². The Balaban J connectivity index is 1.97. The summed E-state index contributed by atoms with van der Waals surface area (Å²) in [4.78, 5) is 13.1. The van der Waals surface area contributed by atoms with E-state index in [1.807, 2.05) is 7.05 Å². The van der Waals surface area contributed by atoms with Gasteiger partial charge in [-0.2, -0.15) is 0 Å². The van der Waals surface area contributed by atoms with Gasteiger partial charge in [0.25, 0.3) is 0 Å². The molecule has 0 heterocycles. The number of hydrogen-bond acceptors (Lipinski definition) is 3. The van der Waals surface area contributed by atoms with E-state index in [0.717, 1.165) is 0 Å². The maximum absolute atomic E-state index is 13.5. The van der Waals surface area contributed by atoms with Gasteiger partial charge in [0.15, 0.2) is 11.6 Å². The van der Waals surface area contributed by atoms with Crippen LogP contribution < -0.4 is 4.74 Å². The van der Waals surface area contributed by atoms with Gasteiger partial charge in [-0.05, 0) is 32.0 Å². The zero-order valence-corrected chi connectivity index (χ0v) is 10.2. The van der Waals surface area contributed by atoms with Crippen molar-refractivity contribution in [2.75, 3.05) is 20.2 Å². The van der Waals surface area contributed by atoms with Crippen LogP contribution in [0.2, 0.25) is 0 Å². The van der Waals surface area contributed by atoms with Crippen LogP contribution in [-0.4, -0.2) is 42.2 Å². The molecule has 2 rings (SSSR count). The van der Waals surface area contributed by atoms with Crippen LogP contribution in [-0.2, 0) is 0 Å². The van der Waals surface area contributed by atoms with E-state index in [4.69, 9.17) is 9.84 Å². The smallest absolute Gasteiger partial charge is 0.339 e. The summed E-state index contributed by atoms with van der Waals surface area (Å²) in [5, 5.41) is 8.94. The van der Waals surface area contributed by atoms with Crippen molar-refractivity contribution in [3.05, 3.63) is 29.6 Å². The molecule has 0 bridgehead atoms. The summed E-state index contributed by atoms with van der Waals surface area (Å²) in [5.74, 6) is -1.99. The number of ether oxygens (including phenoxy) is 1. The minimum atomic E-state index is -1.18. The molecule has 98 valence electrons. The monoisotopic (exact) mass is 253 g/mol. The highest BCUT2D eigenvalue weighted by molar-refractivity contribution is 5.90. The molecular formula is C13H16FNO3. The van der Waals surface area contributed by atoms with E-state index in [-0.39, 0.29) is 17.9 Å². The number of hydrogen-bond donors (Lipinski definition) is 1. The van der Waals surface area contributed by atoms with Gasteiger partial charge in [0.1, 0.15) is 12.2 Å². The Morgan fingerprint density at radius 2 is 2.28 bits per heavy atom. The number of rotatable bonds is 6. The standard InChI is InChI=1S/C13H16FNO3/c1-15(9-5-6-9)7-8-18-12-10(13(16)17)3-2-4-11(12)14/h2-4,9H,5-8H2,1H3,(H,16,17). The van der Waals surface area contributed by atoms with E-state index >= 15 is 0 Å². The Bertz CT molecular complexity index is 446. The fourth-order valence-corrected chi connectivity index (χ4v) is 1.81. The molecule has 1 aromatic carbocycles. The van der Waals surface area contributed by atoms with Crippen molar-refractivity contribution in [2.24, 2.45) is 0 Å². The van der Waals surface area contributed by atoms with Gasteiger partial charge in [-0.15, -0.1) is 0 Å².